The molecule has 21 heavy (non-hydrogen) atoms. The van der Waals surface area contributed by atoms with Crippen LogP contribution >= 0.6 is 23.2 Å². The summed E-state index contributed by atoms with van der Waals surface area (Å²) >= 11 is 12.2. The third kappa shape index (κ3) is 4.45. The number of halogens is 2. The molecule has 0 bridgehead atoms. The van der Waals surface area contributed by atoms with E-state index in [1.807, 2.05) is 19.1 Å². The number of benzene rings is 1. The molecule has 1 aliphatic carbocycles. The first kappa shape index (κ1) is 16.8. The Labute approximate surface area is 136 Å². The van der Waals surface area contributed by atoms with E-state index in [4.69, 9.17) is 27.9 Å². The van der Waals surface area contributed by atoms with Crippen molar-refractivity contribution >= 4 is 29.0 Å². The minimum absolute atomic E-state index is 0.118. The Bertz CT molecular complexity index is 482. The first-order valence-corrected chi connectivity index (χ1v) is 8.46. The van der Waals surface area contributed by atoms with E-state index in [0.717, 1.165) is 18.4 Å². The van der Waals surface area contributed by atoms with Crippen LogP contribution in [0.25, 0.3) is 0 Å². The average Bonchev–Trinajstić information content (AvgIpc) is 2.50. The van der Waals surface area contributed by atoms with E-state index in [9.17, 15) is 4.79 Å². The second-order valence-electron chi connectivity index (χ2n) is 5.63. The zero-order chi connectivity index (χ0) is 15.2. The third-order valence-electron chi connectivity index (χ3n) is 4.14. The van der Waals surface area contributed by atoms with Crippen LogP contribution in [0.5, 0.6) is 0 Å². The lowest BCUT2D eigenvalue weighted by Gasteiger charge is -2.29. The monoisotopic (exact) mass is 328 g/mol. The summed E-state index contributed by atoms with van der Waals surface area (Å²) in [6.07, 6.45) is 5.81. The SMILES string of the molecule is CCOC(C(=O)Cc1cccc(Cl)c1Cl)C1CCCCC1. The van der Waals surface area contributed by atoms with Gasteiger partial charge >= 0.3 is 0 Å². The van der Waals surface area contributed by atoms with Gasteiger partial charge < -0.3 is 4.74 Å². The summed E-state index contributed by atoms with van der Waals surface area (Å²) in [5.74, 6) is 0.470. The van der Waals surface area contributed by atoms with Crippen molar-refractivity contribution in [3.63, 3.8) is 0 Å². The van der Waals surface area contributed by atoms with Gasteiger partial charge in [0.25, 0.3) is 0 Å². The van der Waals surface area contributed by atoms with E-state index < -0.39 is 0 Å². The second-order valence-corrected chi connectivity index (χ2v) is 6.42. The normalized spacial score (nSPS) is 17.7. The van der Waals surface area contributed by atoms with Crippen LogP contribution < -0.4 is 0 Å². The number of Topliss-reactive ketones (excluding diaryl/α,β-unsaturated/α-hetero) is 1. The molecule has 1 unspecified atom stereocenters. The Morgan fingerprint density at radius 2 is 2.00 bits per heavy atom. The van der Waals surface area contributed by atoms with Gasteiger partial charge in [-0.15, -0.1) is 0 Å². The van der Waals surface area contributed by atoms with Crippen LogP contribution in [0.15, 0.2) is 18.2 Å². The van der Waals surface area contributed by atoms with Crippen LogP contribution in [0.4, 0.5) is 0 Å². The van der Waals surface area contributed by atoms with Crippen LogP contribution in [0.3, 0.4) is 0 Å². The lowest BCUT2D eigenvalue weighted by molar-refractivity contribution is -0.134. The molecule has 0 saturated heterocycles. The zero-order valence-corrected chi connectivity index (χ0v) is 13.9. The topological polar surface area (TPSA) is 26.3 Å². The molecular weight excluding hydrogens is 307 g/mol. The summed E-state index contributed by atoms with van der Waals surface area (Å²) in [4.78, 5) is 12.6. The Hall–Kier alpha value is -0.570. The molecule has 1 atom stereocenters. The van der Waals surface area contributed by atoms with E-state index in [1.54, 1.807) is 6.07 Å². The molecule has 1 aromatic carbocycles. The lowest BCUT2D eigenvalue weighted by Crippen LogP contribution is -2.35. The summed E-state index contributed by atoms with van der Waals surface area (Å²) < 4.78 is 5.76. The quantitative estimate of drug-likeness (QED) is 0.726. The number of ether oxygens (including phenoxy) is 1. The van der Waals surface area contributed by atoms with E-state index >= 15 is 0 Å². The number of hydrogen-bond donors (Lipinski definition) is 0. The van der Waals surface area contributed by atoms with Gasteiger partial charge in [-0.1, -0.05) is 54.6 Å². The molecule has 0 aromatic heterocycles. The van der Waals surface area contributed by atoms with Gasteiger partial charge in [-0.3, -0.25) is 4.79 Å². The molecule has 1 fully saturated rings. The van der Waals surface area contributed by atoms with Gasteiger partial charge in [0.1, 0.15) is 6.10 Å². The van der Waals surface area contributed by atoms with Gasteiger partial charge in [0.2, 0.25) is 0 Å². The molecule has 0 heterocycles. The van der Waals surface area contributed by atoms with Gasteiger partial charge in [-0.25, -0.2) is 0 Å². The van der Waals surface area contributed by atoms with Gasteiger partial charge in [0, 0.05) is 13.0 Å². The minimum atomic E-state index is -0.301. The number of carbonyl (C=O) groups excluding carboxylic acids is 1. The maximum absolute atomic E-state index is 12.6. The fraction of sp³-hybridized carbons (Fsp3) is 0.588. The highest BCUT2D eigenvalue weighted by molar-refractivity contribution is 6.42. The Morgan fingerprint density at radius 3 is 2.67 bits per heavy atom. The standard InChI is InChI=1S/C17H22Cl2O2/c1-2-21-17(12-7-4-3-5-8-12)15(20)11-13-9-6-10-14(18)16(13)19/h6,9-10,12,17H,2-5,7-8,11H2,1H3. The molecule has 116 valence electrons. The maximum Gasteiger partial charge on any atom is 0.166 e. The summed E-state index contributed by atoms with van der Waals surface area (Å²) in [7, 11) is 0. The van der Waals surface area contributed by atoms with Gasteiger partial charge in [-0.2, -0.15) is 0 Å². The van der Waals surface area contributed by atoms with Crippen molar-refractivity contribution in [3.8, 4) is 0 Å². The molecule has 1 aromatic rings. The van der Waals surface area contributed by atoms with Crippen molar-refractivity contribution in [2.24, 2.45) is 5.92 Å². The van der Waals surface area contributed by atoms with Crippen LogP contribution in [0.2, 0.25) is 10.0 Å². The third-order valence-corrected chi connectivity index (χ3v) is 5.00. The van der Waals surface area contributed by atoms with Crippen molar-refractivity contribution < 1.29 is 9.53 Å². The summed E-state index contributed by atoms with van der Waals surface area (Å²) in [5, 5.41) is 0.971. The fourth-order valence-electron chi connectivity index (χ4n) is 3.08. The van der Waals surface area contributed by atoms with Crippen molar-refractivity contribution in [3.05, 3.63) is 33.8 Å². The number of hydrogen-bond acceptors (Lipinski definition) is 2. The smallest absolute Gasteiger partial charge is 0.166 e. The molecule has 4 heteroatoms. The molecule has 1 aliphatic rings. The molecular formula is C17H22Cl2O2. The fourth-order valence-corrected chi connectivity index (χ4v) is 3.47. The van der Waals surface area contributed by atoms with E-state index in [0.29, 0.717) is 29.0 Å². The highest BCUT2D eigenvalue weighted by atomic mass is 35.5. The van der Waals surface area contributed by atoms with Crippen molar-refractivity contribution in [1.29, 1.82) is 0 Å². The largest absolute Gasteiger partial charge is 0.370 e. The Kier molecular flexibility index (Phi) is 6.53. The summed E-state index contributed by atoms with van der Waals surface area (Å²) in [5.41, 5.74) is 0.787. The molecule has 2 nitrogen and oxygen atoms in total. The zero-order valence-electron chi connectivity index (χ0n) is 12.4. The molecule has 0 N–H and O–H groups in total. The first-order valence-electron chi connectivity index (χ1n) is 7.70. The van der Waals surface area contributed by atoms with E-state index in [1.165, 1.54) is 19.3 Å². The van der Waals surface area contributed by atoms with Gasteiger partial charge in [0.15, 0.2) is 5.78 Å². The molecule has 0 aliphatic heterocycles. The van der Waals surface area contributed by atoms with E-state index in [2.05, 4.69) is 0 Å². The van der Waals surface area contributed by atoms with Crippen LogP contribution in [-0.4, -0.2) is 18.5 Å². The van der Waals surface area contributed by atoms with Crippen molar-refractivity contribution in [1.82, 2.24) is 0 Å². The lowest BCUT2D eigenvalue weighted by atomic mass is 9.82. The first-order chi connectivity index (χ1) is 10.1. The molecule has 0 radical (unpaired) electrons. The summed E-state index contributed by atoms with van der Waals surface area (Å²) in [6.45, 7) is 2.51. The van der Waals surface area contributed by atoms with Crippen LogP contribution in [0.1, 0.15) is 44.6 Å². The predicted molar refractivity (Wildman–Crippen MR) is 87.2 cm³/mol. The second kappa shape index (κ2) is 8.17. The Morgan fingerprint density at radius 1 is 1.29 bits per heavy atom. The minimum Gasteiger partial charge on any atom is -0.370 e. The predicted octanol–water partition coefficient (Wildman–Crippen LogP) is 5.09. The summed E-state index contributed by atoms with van der Waals surface area (Å²) in [6, 6.07) is 5.42. The highest BCUT2D eigenvalue weighted by Crippen LogP contribution is 2.31. The van der Waals surface area contributed by atoms with Gasteiger partial charge in [0.05, 0.1) is 10.0 Å². The van der Waals surface area contributed by atoms with Crippen LogP contribution in [0, 0.1) is 5.92 Å². The Balaban J connectivity index is 2.09. The van der Waals surface area contributed by atoms with Crippen LogP contribution in [-0.2, 0) is 16.0 Å². The van der Waals surface area contributed by atoms with Crippen molar-refractivity contribution in [2.45, 2.75) is 51.6 Å². The van der Waals surface area contributed by atoms with Crippen molar-refractivity contribution in [2.75, 3.05) is 6.61 Å². The average molecular weight is 329 g/mol. The highest BCUT2D eigenvalue weighted by Gasteiger charge is 2.30. The molecule has 1 saturated carbocycles. The molecule has 0 spiro atoms. The number of ketones is 1. The maximum atomic E-state index is 12.6. The van der Waals surface area contributed by atoms with Gasteiger partial charge in [-0.05, 0) is 37.3 Å². The number of carbonyl (C=O) groups is 1. The molecule has 0 amide bonds. The van der Waals surface area contributed by atoms with E-state index in [-0.39, 0.29) is 11.9 Å². The number of rotatable bonds is 6. The molecule has 2 rings (SSSR count).